The van der Waals surface area contributed by atoms with E-state index in [-0.39, 0.29) is 0 Å². The standard InChI is InChI=1S/C13H20ClNO/c1-9(2)8-15(4)13-6-5-11(10(3)16)7-12(13)14/h5-7,9-10,16H,8H2,1-4H3/t10-/m1/s1. The molecule has 0 saturated heterocycles. The lowest BCUT2D eigenvalue weighted by Gasteiger charge is -2.23. The van der Waals surface area contributed by atoms with E-state index in [4.69, 9.17) is 11.6 Å². The number of nitrogens with zero attached hydrogens (tertiary/aromatic N) is 1. The summed E-state index contributed by atoms with van der Waals surface area (Å²) in [6.07, 6.45) is -0.470. The minimum absolute atomic E-state index is 0.470. The molecule has 0 unspecified atom stereocenters. The summed E-state index contributed by atoms with van der Waals surface area (Å²) >= 11 is 6.20. The van der Waals surface area contributed by atoms with Gasteiger partial charge in [0.2, 0.25) is 0 Å². The molecule has 0 bridgehead atoms. The number of hydrogen-bond acceptors (Lipinski definition) is 2. The Labute approximate surface area is 103 Å². The van der Waals surface area contributed by atoms with E-state index in [0.29, 0.717) is 10.9 Å². The van der Waals surface area contributed by atoms with Crippen LogP contribution in [0.25, 0.3) is 0 Å². The molecule has 1 N–H and O–H groups in total. The number of hydrogen-bond donors (Lipinski definition) is 1. The molecule has 1 aromatic rings. The quantitative estimate of drug-likeness (QED) is 0.873. The fraction of sp³-hybridized carbons (Fsp3) is 0.538. The van der Waals surface area contributed by atoms with Crippen molar-refractivity contribution in [2.45, 2.75) is 26.9 Å². The summed E-state index contributed by atoms with van der Waals surface area (Å²) < 4.78 is 0. The summed E-state index contributed by atoms with van der Waals surface area (Å²) in [6.45, 7) is 7.06. The second-order valence-corrected chi connectivity index (χ2v) is 5.07. The van der Waals surface area contributed by atoms with Gasteiger partial charge in [-0.25, -0.2) is 0 Å². The number of aliphatic hydroxyl groups is 1. The van der Waals surface area contributed by atoms with Crippen molar-refractivity contribution >= 4 is 17.3 Å². The summed E-state index contributed by atoms with van der Waals surface area (Å²) in [5.41, 5.74) is 1.87. The van der Waals surface area contributed by atoms with Crippen LogP contribution in [0.2, 0.25) is 5.02 Å². The number of anilines is 1. The summed E-state index contributed by atoms with van der Waals surface area (Å²) in [5.74, 6) is 0.595. The molecule has 0 amide bonds. The monoisotopic (exact) mass is 241 g/mol. The van der Waals surface area contributed by atoms with Crippen LogP contribution in [0.3, 0.4) is 0 Å². The Morgan fingerprint density at radius 2 is 1.94 bits per heavy atom. The van der Waals surface area contributed by atoms with Gasteiger partial charge in [-0.15, -0.1) is 0 Å². The van der Waals surface area contributed by atoms with Gasteiger partial charge in [0.15, 0.2) is 0 Å². The van der Waals surface area contributed by atoms with E-state index in [1.165, 1.54) is 0 Å². The van der Waals surface area contributed by atoms with Gasteiger partial charge in [-0.1, -0.05) is 31.5 Å². The highest BCUT2D eigenvalue weighted by molar-refractivity contribution is 6.33. The highest BCUT2D eigenvalue weighted by Gasteiger charge is 2.10. The Balaban J connectivity index is 2.90. The van der Waals surface area contributed by atoms with Gasteiger partial charge in [0.05, 0.1) is 16.8 Å². The molecule has 0 saturated carbocycles. The van der Waals surface area contributed by atoms with Crippen LogP contribution in [0.5, 0.6) is 0 Å². The minimum atomic E-state index is -0.470. The summed E-state index contributed by atoms with van der Waals surface area (Å²) in [7, 11) is 2.03. The molecular formula is C13H20ClNO. The molecule has 0 aliphatic heterocycles. The van der Waals surface area contributed by atoms with Crippen LogP contribution in [0.1, 0.15) is 32.4 Å². The zero-order valence-corrected chi connectivity index (χ0v) is 11.1. The van der Waals surface area contributed by atoms with Crippen LogP contribution in [0.15, 0.2) is 18.2 Å². The van der Waals surface area contributed by atoms with E-state index in [9.17, 15) is 5.11 Å². The van der Waals surface area contributed by atoms with E-state index in [2.05, 4.69) is 18.7 Å². The van der Waals surface area contributed by atoms with Crippen molar-refractivity contribution in [3.8, 4) is 0 Å². The van der Waals surface area contributed by atoms with Gasteiger partial charge in [-0.3, -0.25) is 0 Å². The first kappa shape index (κ1) is 13.3. The molecule has 1 aromatic carbocycles. The first-order valence-corrected chi connectivity index (χ1v) is 5.98. The van der Waals surface area contributed by atoms with Crippen LogP contribution in [-0.4, -0.2) is 18.7 Å². The number of halogens is 1. The first-order chi connectivity index (χ1) is 7.41. The summed E-state index contributed by atoms with van der Waals surface area (Å²) in [4.78, 5) is 2.14. The zero-order valence-electron chi connectivity index (χ0n) is 10.4. The van der Waals surface area contributed by atoms with Crippen molar-refractivity contribution in [3.05, 3.63) is 28.8 Å². The lowest BCUT2D eigenvalue weighted by molar-refractivity contribution is 0.199. The highest BCUT2D eigenvalue weighted by Crippen LogP contribution is 2.28. The van der Waals surface area contributed by atoms with Gasteiger partial charge in [0.1, 0.15) is 0 Å². The van der Waals surface area contributed by atoms with Crippen LogP contribution >= 0.6 is 11.6 Å². The molecule has 3 heteroatoms. The van der Waals surface area contributed by atoms with Crippen molar-refractivity contribution in [2.75, 3.05) is 18.5 Å². The topological polar surface area (TPSA) is 23.5 Å². The predicted octanol–water partition coefficient (Wildman–Crippen LogP) is 3.49. The molecule has 0 aliphatic rings. The van der Waals surface area contributed by atoms with Crippen LogP contribution in [0.4, 0.5) is 5.69 Å². The Bertz CT molecular complexity index is 350. The second kappa shape index (κ2) is 5.55. The maximum atomic E-state index is 9.45. The molecule has 0 heterocycles. The highest BCUT2D eigenvalue weighted by atomic mass is 35.5. The molecule has 0 aromatic heterocycles. The molecule has 0 aliphatic carbocycles. The smallest absolute Gasteiger partial charge is 0.0762 e. The summed E-state index contributed by atoms with van der Waals surface area (Å²) in [5, 5.41) is 10.1. The van der Waals surface area contributed by atoms with Crippen LogP contribution < -0.4 is 4.90 Å². The molecule has 0 radical (unpaired) electrons. The fourth-order valence-corrected chi connectivity index (χ4v) is 2.07. The van der Waals surface area contributed by atoms with Gasteiger partial charge in [0.25, 0.3) is 0 Å². The second-order valence-electron chi connectivity index (χ2n) is 4.66. The van der Waals surface area contributed by atoms with E-state index in [0.717, 1.165) is 17.8 Å². The van der Waals surface area contributed by atoms with E-state index in [1.807, 2.05) is 25.2 Å². The molecule has 1 atom stereocenters. The third kappa shape index (κ3) is 3.39. The average molecular weight is 242 g/mol. The number of benzene rings is 1. The molecule has 90 valence electrons. The Kier molecular flexibility index (Phi) is 4.63. The van der Waals surface area contributed by atoms with E-state index < -0.39 is 6.10 Å². The Hall–Kier alpha value is -0.730. The van der Waals surface area contributed by atoms with Gasteiger partial charge in [-0.2, -0.15) is 0 Å². The van der Waals surface area contributed by atoms with Crippen molar-refractivity contribution in [1.29, 1.82) is 0 Å². The lowest BCUT2D eigenvalue weighted by atomic mass is 10.1. The molecule has 1 rings (SSSR count). The van der Waals surface area contributed by atoms with Crippen molar-refractivity contribution in [2.24, 2.45) is 5.92 Å². The van der Waals surface area contributed by atoms with Crippen LogP contribution in [-0.2, 0) is 0 Å². The third-order valence-corrected chi connectivity index (χ3v) is 2.81. The van der Waals surface area contributed by atoms with Gasteiger partial charge in [0, 0.05) is 13.6 Å². The number of aliphatic hydroxyl groups excluding tert-OH is 1. The predicted molar refractivity (Wildman–Crippen MR) is 70.2 cm³/mol. The van der Waals surface area contributed by atoms with Crippen LogP contribution in [0, 0.1) is 5.92 Å². The van der Waals surface area contributed by atoms with Gasteiger partial charge >= 0.3 is 0 Å². The third-order valence-electron chi connectivity index (χ3n) is 2.50. The minimum Gasteiger partial charge on any atom is -0.389 e. The molecule has 16 heavy (non-hydrogen) atoms. The maximum absolute atomic E-state index is 9.45. The Morgan fingerprint density at radius 1 is 1.31 bits per heavy atom. The lowest BCUT2D eigenvalue weighted by Crippen LogP contribution is -2.22. The van der Waals surface area contributed by atoms with E-state index in [1.54, 1.807) is 6.92 Å². The molecule has 2 nitrogen and oxygen atoms in total. The van der Waals surface area contributed by atoms with Crippen molar-refractivity contribution in [1.82, 2.24) is 0 Å². The fourth-order valence-electron chi connectivity index (χ4n) is 1.74. The maximum Gasteiger partial charge on any atom is 0.0762 e. The molecule has 0 fully saturated rings. The first-order valence-electron chi connectivity index (χ1n) is 5.60. The van der Waals surface area contributed by atoms with Crippen molar-refractivity contribution in [3.63, 3.8) is 0 Å². The normalized spacial score (nSPS) is 12.9. The SMILES string of the molecule is CC(C)CN(C)c1ccc([C@@H](C)O)cc1Cl. The summed E-state index contributed by atoms with van der Waals surface area (Å²) in [6, 6.07) is 5.72. The number of rotatable bonds is 4. The zero-order chi connectivity index (χ0) is 12.3. The van der Waals surface area contributed by atoms with Gasteiger partial charge < -0.3 is 10.0 Å². The van der Waals surface area contributed by atoms with Crippen molar-refractivity contribution < 1.29 is 5.11 Å². The average Bonchev–Trinajstić information content (AvgIpc) is 2.15. The van der Waals surface area contributed by atoms with E-state index >= 15 is 0 Å². The molecule has 0 spiro atoms. The molecular weight excluding hydrogens is 222 g/mol. The Morgan fingerprint density at radius 3 is 2.38 bits per heavy atom. The van der Waals surface area contributed by atoms with Gasteiger partial charge in [-0.05, 0) is 30.5 Å². The largest absolute Gasteiger partial charge is 0.389 e.